The van der Waals surface area contributed by atoms with E-state index in [0.29, 0.717) is 0 Å². The first-order valence-corrected chi connectivity index (χ1v) is 9.24. The predicted molar refractivity (Wildman–Crippen MR) is 88.7 cm³/mol. The fourth-order valence-electron chi connectivity index (χ4n) is 1.50. The monoisotopic (exact) mass is 380 g/mol. The molecule has 0 bridgehead atoms. The normalized spacial score (nSPS) is 11.9. The van der Waals surface area contributed by atoms with Crippen LogP contribution in [-0.2, 0) is 16.3 Å². The van der Waals surface area contributed by atoms with Gasteiger partial charge in [0.25, 0.3) is 0 Å². The third-order valence-corrected chi connectivity index (χ3v) is 4.63. The second kappa shape index (κ2) is 9.01. The first-order valence-electron chi connectivity index (χ1n) is 6.59. The molecule has 0 aromatic heterocycles. The van der Waals surface area contributed by atoms with Crippen molar-refractivity contribution in [3.63, 3.8) is 0 Å². The van der Waals surface area contributed by atoms with Crippen molar-refractivity contribution in [2.75, 3.05) is 7.11 Å². The smallest absolute Gasteiger partial charge is 0.497 e. The molecule has 2 rings (SSSR count). The first-order chi connectivity index (χ1) is 11.1. The minimum Gasteiger partial charge on any atom is -0.497 e. The van der Waals surface area contributed by atoms with E-state index >= 15 is 0 Å². The minimum absolute atomic E-state index is 0.839. The average molecular weight is 380 g/mol. The molecule has 132 valence electrons. The summed E-state index contributed by atoms with van der Waals surface area (Å²) in [6.45, 7) is 0. The van der Waals surface area contributed by atoms with Crippen LogP contribution in [0.5, 0.6) is 5.75 Å². The lowest BCUT2D eigenvalue weighted by Gasteiger charge is -2.04. The highest BCUT2D eigenvalue weighted by molar-refractivity contribution is 7.86. The lowest BCUT2D eigenvalue weighted by Crippen LogP contribution is -2.21. The fourth-order valence-corrected chi connectivity index (χ4v) is 2.58. The molecule has 0 saturated heterocycles. The molecule has 0 radical (unpaired) electrons. The van der Waals surface area contributed by atoms with Crippen LogP contribution < -0.4 is 10.0 Å². The summed E-state index contributed by atoms with van der Waals surface area (Å²) in [5.41, 5.74) is -4.17. The Bertz CT molecular complexity index is 717. The van der Waals surface area contributed by atoms with E-state index in [1.165, 1.54) is 10.9 Å². The van der Waals surface area contributed by atoms with E-state index in [4.69, 9.17) is 17.7 Å². The molecular formula is C15H16F3O4PS. The molecule has 24 heavy (non-hydrogen) atoms. The molecule has 0 fully saturated rings. The van der Waals surface area contributed by atoms with Crippen molar-refractivity contribution in [2.45, 2.75) is 11.7 Å². The number of alkyl halides is 3. The van der Waals surface area contributed by atoms with Crippen molar-refractivity contribution in [1.29, 1.82) is 0 Å². The molecule has 0 heterocycles. The minimum atomic E-state index is -5.84. The second-order valence-electron chi connectivity index (χ2n) is 4.49. The van der Waals surface area contributed by atoms with Gasteiger partial charge >= 0.3 is 15.6 Å². The molecule has 0 amide bonds. The van der Waals surface area contributed by atoms with Crippen molar-refractivity contribution in [3.8, 4) is 5.75 Å². The topological polar surface area (TPSA) is 63.6 Å². The van der Waals surface area contributed by atoms with Crippen LogP contribution in [0.2, 0.25) is 0 Å². The third kappa shape index (κ3) is 7.29. The number of ether oxygens (including phenoxy) is 1. The average Bonchev–Trinajstić information content (AvgIpc) is 2.53. The number of benzene rings is 2. The van der Waals surface area contributed by atoms with E-state index in [1.807, 2.05) is 12.1 Å². The van der Waals surface area contributed by atoms with Gasteiger partial charge in [0, 0.05) is 0 Å². The van der Waals surface area contributed by atoms with Crippen LogP contribution in [0.15, 0.2) is 54.6 Å². The predicted octanol–water partition coefficient (Wildman–Crippen LogP) is 3.59. The van der Waals surface area contributed by atoms with E-state index in [1.54, 1.807) is 7.11 Å². The first kappa shape index (κ1) is 20.4. The van der Waals surface area contributed by atoms with Crippen LogP contribution in [-0.4, -0.2) is 25.6 Å². The molecule has 0 saturated carbocycles. The van der Waals surface area contributed by atoms with Crippen molar-refractivity contribution in [1.82, 2.24) is 0 Å². The maximum Gasteiger partial charge on any atom is 0.522 e. The van der Waals surface area contributed by atoms with Gasteiger partial charge < -0.3 is 4.74 Å². The SMILES string of the molecule is COc1ccc(CPc2ccccc2)cc1.O=S(=O)(O)C(F)(F)F. The lowest BCUT2D eigenvalue weighted by atomic mass is 10.2. The summed E-state index contributed by atoms with van der Waals surface area (Å²) in [4.78, 5) is 0. The van der Waals surface area contributed by atoms with E-state index in [2.05, 4.69) is 42.5 Å². The quantitative estimate of drug-likeness (QED) is 0.500. The highest BCUT2D eigenvalue weighted by Crippen LogP contribution is 2.21. The van der Waals surface area contributed by atoms with Gasteiger partial charge in [0.2, 0.25) is 0 Å². The van der Waals surface area contributed by atoms with Crippen LogP contribution in [0.1, 0.15) is 5.56 Å². The number of hydrogen-bond acceptors (Lipinski definition) is 3. The second-order valence-corrected chi connectivity index (χ2v) is 7.19. The molecule has 2 aromatic rings. The Morgan fingerprint density at radius 1 is 1.04 bits per heavy atom. The van der Waals surface area contributed by atoms with Gasteiger partial charge in [0.1, 0.15) is 5.75 Å². The van der Waals surface area contributed by atoms with E-state index in [0.717, 1.165) is 20.5 Å². The molecule has 1 N–H and O–H groups in total. The van der Waals surface area contributed by atoms with Crippen LogP contribution in [0.3, 0.4) is 0 Å². The zero-order valence-corrected chi connectivity index (χ0v) is 14.4. The highest BCUT2D eigenvalue weighted by Gasteiger charge is 2.44. The maximum absolute atomic E-state index is 10.7. The third-order valence-electron chi connectivity index (χ3n) is 2.72. The standard InChI is InChI=1S/C14H15OP.CHF3O3S/c1-15-13-9-7-12(8-10-13)11-16-14-5-3-2-4-6-14;2-1(3,4)8(5,6)7/h2-10,16H,11H2,1H3;(H,5,6,7). The van der Waals surface area contributed by atoms with E-state index in [9.17, 15) is 13.2 Å². The Balaban J connectivity index is 0.000000307. The number of methoxy groups -OCH3 is 1. The van der Waals surface area contributed by atoms with Crippen molar-refractivity contribution >= 4 is 24.0 Å². The molecule has 0 aliphatic carbocycles. The van der Waals surface area contributed by atoms with Crippen LogP contribution >= 0.6 is 8.58 Å². The van der Waals surface area contributed by atoms with E-state index in [-0.39, 0.29) is 0 Å². The van der Waals surface area contributed by atoms with Gasteiger partial charge in [-0.1, -0.05) is 51.0 Å². The molecule has 9 heteroatoms. The van der Waals surface area contributed by atoms with Crippen molar-refractivity contribution in [2.24, 2.45) is 0 Å². The maximum atomic E-state index is 10.7. The summed E-state index contributed by atoms with van der Waals surface area (Å²) in [6, 6.07) is 18.9. The fraction of sp³-hybridized carbons (Fsp3) is 0.200. The summed E-state index contributed by atoms with van der Waals surface area (Å²) in [6.07, 6.45) is 1.11. The molecule has 0 aliphatic heterocycles. The Morgan fingerprint density at radius 2 is 1.54 bits per heavy atom. The number of hydrogen-bond donors (Lipinski definition) is 1. The summed E-state index contributed by atoms with van der Waals surface area (Å²) < 4.78 is 62.7. The molecule has 0 aliphatic rings. The summed E-state index contributed by atoms with van der Waals surface area (Å²) in [5.74, 6) is 0.923. The number of halogens is 3. The van der Waals surface area contributed by atoms with Crippen LogP contribution in [0, 0.1) is 0 Å². The van der Waals surface area contributed by atoms with Gasteiger partial charge in [-0.2, -0.15) is 21.6 Å². The zero-order valence-electron chi connectivity index (χ0n) is 12.6. The van der Waals surface area contributed by atoms with Crippen molar-refractivity contribution < 1.29 is 30.9 Å². The molecule has 1 atom stereocenters. The number of rotatable bonds is 4. The molecule has 1 unspecified atom stereocenters. The van der Waals surface area contributed by atoms with Crippen LogP contribution in [0.25, 0.3) is 0 Å². The lowest BCUT2D eigenvalue weighted by molar-refractivity contribution is -0.0510. The Hall–Kier alpha value is -1.63. The summed E-state index contributed by atoms with van der Waals surface area (Å²) >= 11 is 0. The Morgan fingerprint density at radius 3 is 1.96 bits per heavy atom. The highest BCUT2D eigenvalue weighted by atomic mass is 32.2. The van der Waals surface area contributed by atoms with Gasteiger partial charge in [-0.25, -0.2) is 0 Å². The van der Waals surface area contributed by atoms with Gasteiger partial charge in [0.05, 0.1) is 7.11 Å². The molecule has 2 aromatic carbocycles. The van der Waals surface area contributed by atoms with Gasteiger partial charge in [-0.3, -0.25) is 4.55 Å². The Kier molecular flexibility index (Phi) is 7.66. The van der Waals surface area contributed by atoms with E-state index < -0.39 is 15.6 Å². The molecule has 0 spiro atoms. The van der Waals surface area contributed by atoms with Gasteiger partial charge in [-0.05, 0) is 29.2 Å². The largest absolute Gasteiger partial charge is 0.522 e. The zero-order chi connectivity index (χ0) is 18.2. The Labute approximate surface area is 140 Å². The summed E-state index contributed by atoms with van der Waals surface area (Å²) in [7, 11) is -3.31. The van der Waals surface area contributed by atoms with Gasteiger partial charge in [-0.15, -0.1) is 0 Å². The molecule has 4 nitrogen and oxygen atoms in total. The summed E-state index contributed by atoms with van der Waals surface area (Å²) in [5, 5.41) is 1.42. The molecular weight excluding hydrogens is 364 g/mol. The van der Waals surface area contributed by atoms with Crippen molar-refractivity contribution in [3.05, 3.63) is 60.2 Å². The van der Waals surface area contributed by atoms with Gasteiger partial charge in [0.15, 0.2) is 0 Å². The van der Waals surface area contributed by atoms with Crippen LogP contribution in [0.4, 0.5) is 13.2 Å².